The van der Waals surface area contributed by atoms with E-state index in [0.717, 1.165) is 17.7 Å². The Bertz CT molecular complexity index is 1040. The summed E-state index contributed by atoms with van der Waals surface area (Å²) < 4.78 is 51.4. The van der Waals surface area contributed by atoms with E-state index in [2.05, 4.69) is 5.32 Å². The van der Waals surface area contributed by atoms with Gasteiger partial charge in [0.15, 0.2) is 0 Å². The van der Waals surface area contributed by atoms with Gasteiger partial charge in [-0.2, -0.15) is 4.31 Å². The van der Waals surface area contributed by atoms with Gasteiger partial charge < -0.3 is 14.8 Å². The van der Waals surface area contributed by atoms with Gasteiger partial charge in [0.05, 0.1) is 20.3 Å². The first-order chi connectivity index (χ1) is 14.8. The predicted molar refractivity (Wildman–Crippen MR) is 114 cm³/mol. The van der Waals surface area contributed by atoms with E-state index in [4.69, 9.17) is 9.47 Å². The topological polar surface area (TPSA) is 84.9 Å². The van der Waals surface area contributed by atoms with E-state index in [1.54, 1.807) is 7.11 Å². The van der Waals surface area contributed by atoms with Crippen molar-refractivity contribution in [2.75, 3.05) is 27.3 Å². The fraction of sp³-hybridized carbons (Fsp3) is 0.409. The maximum Gasteiger partial charge on any atom is 0.246 e. The lowest BCUT2D eigenvalue weighted by molar-refractivity contribution is -0.126. The number of nitrogens with one attached hydrogen (secondary N) is 1. The fourth-order valence-electron chi connectivity index (χ4n) is 3.78. The Kier molecular flexibility index (Phi) is 7.17. The van der Waals surface area contributed by atoms with Gasteiger partial charge in [-0.15, -0.1) is 0 Å². The number of amides is 1. The van der Waals surface area contributed by atoms with E-state index in [9.17, 15) is 17.6 Å². The number of nitrogens with zero attached hydrogens (tertiary/aromatic N) is 1. The third kappa shape index (κ3) is 4.99. The smallest absolute Gasteiger partial charge is 0.246 e. The van der Waals surface area contributed by atoms with E-state index in [1.165, 1.54) is 17.5 Å². The molecule has 0 unspecified atom stereocenters. The molecule has 1 fully saturated rings. The second kappa shape index (κ2) is 9.65. The van der Waals surface area contributed by atoms with Crippen LogP contribution in [-0.2, 0) is 14.8 Å². The number of ether oxygens (including phenoxy) is 2. The summed E-state index contributed by atoms with van der Waals surface area (Å²) in [5.41, 5.74) is 0.872. The Morgan fingerprint density at radius 3 is 2.39 bits per heavy atom. The first kappa shape index (κ1) is 23.0. The number of hydrogen-bond donors (Lipinski definition) is 1. The molecular formula is C22H27FN2O5S. The van der Waals surface area contributed by atoms with Gasteiger partial charge in [0.1, 0.15) is 22.2 Å². The molecule has 168 valence electrons. The molecule has 3 rings (SSSR count). The van der Waals surface area contributed by atoms with Gasteiger partial charge in [0.25, 0.3) is 0 Å². The van der Waals surface area contributed by atoms with Gasteiger partial charge in [-0.3, -0.25) is 4.79 Å². The molecule has 0 radical (unpaired) electrons. The highest BCUT2D eigenvalue weighted by Crippen LogP contribution is 2.31. The Balaban J connectivity index is 1.65. The van der Waals surface area contributed by atoms with Crippen molar-refractivity contribution in [2.45, 2.75) is 30.7 Å². The highest BCUT2D eigenvalue weighted by atomic mass is 32.2. The molecule has 31 heavy (non-hydrogen) atoms. The lowest BCUT2D eigenvalue weighted by Gasteiger charge is -2.31. The molecule has 1 aliphatic heterocycles. The summed E-state index contributed by atoms with van der Waals surface area (Å²) in [6, 6.07) is 10.6. The van der Waals surface area contributed by atoms with E-state index >= 15 is 0 Å². The Morgan fingerprint density at radius 2 is 1.74 bits per heavy atom. The Hall–Kier alpha value is -2.65. The van der Waals surface area contributed by atoms with Crippen molar-refractivity contribution in [3.8, 4) is 11.5 Å². The minimum absolute atomic E-state index is 0.0897. The Labute approximate surface area is 182 Å². The zero-order valence-electron chi connectivity index (χ0n) is 17.8. The summed E-state index contributed by atoms with van der Waals surface area (Å²) >= 11 is 0. The number of sulfonamides is 1. The van der Waals surface area contributed by atoms with Crippen molar-refractivity contribution < 1.29 is 27.1 Å². The molecule has 2 aromatic carbocycles. The van der Waals surface area contributed by atoms with Crippen LogP contribution in [0, 0.1) is 11.7 Å². The van der Waals surface area contributed by atoms with E-state index in [1.807, 2.05) is 31.2 Å². The second-order valence-corrected chi connectivity index (χ2v) is 9.35. The van der Waals surface area contributed by atoms with Gasteiger partial charge in [0.2, 0.25) is 15.9 Å². The highest BCUT2D eigenvalue weighted by Gasteiger charge is 2.34. The molecule has 1 heterocycles. The fourth-order valence-corrected chi connectivity index (χ4v) is 5.42. The maximum absolute atomic E-state index is 13.7. The van der Waals surface area contributed by atoms with E-state index in [-0.39, 0.29) is 41.6 Å². The monoisotopic (exact) mass is 450 g/mol. The molecule has 1 aliphatic rings. The number of rotatable bonds is 7. The summed E-state index contributed by atoms with van der Waals surface area (Å²) in [6.07, 6.45) is 0.753. The number of carbonyl (C=O) groups excluding carboxylic acids is 1. The molecule has 0 bridgehead atoms. The van der Waals surface area contributed by atoms with Gasteiger partial charge >= 0.3 is 0 Å². The summed E-state index contributed by atoms with van der Waals surface area (Å²) in [6.45, 7) is 2.22. The number of para-hydroxylation sites is 1. The van der Waals surface area contributed by atoms with Crippen LogP contribution in [0.1, 0.15) is 31.4 Å². The molecule has 9 heteroatoms. The summed E-state index contributed by atoms with van der Waals surface area (Å²) in [4.78, 5) is 12.6. The number of methoxy groups -OCH3 is 2. The number of halogens is 1. The lowest BCUT2D eigenvalue weighted by Crippen LogP contribution is -2.43. The first-order valence-electron chi connectivity index (χ1n) is 10.0. The largest absolute Gasteiger partial charge is 0.496 e. The summed E-state index contributed by atoms with van der Waals surface area (Å²) in [7, 11) is -1.01. The average Bonchev–Trinajstić information content (AvgIpc) is 2.79. The van der Waals surface area contributed by atoms with Gasteiger partial charge in [0, 0.05) is 24.6 Å². The minimum atomic E-state index is -3.93. The summed E-state index contributed by atoms with van der Waals surface area (Å²) in [5.74, 6) is -0.303. The SMILES string of the molecule is COc1ccccc1[C@H](C)NC(=O)C1CCN(S(=O)(=O)c2cc(F)ccc2OC)CC1. The van der Waals surface area contributed by atoms with E-state index < -0.39 is 15.8 Å². The van der Waals surface area contributed by atoms with Crippen LogP contribution in [-0.4, -0.2) is 45.9 Å². The third-order valence-corrected chi connectivity index (χ3v) is 7.45. The van der Waals surface area contributed by atoms with Crippen LogP contribution in [0.2, 0.25) is 0 Å². The minimum Gasteiger partial charge on any atom is -0.496 e. The van der Waals surface area contributed by atoms with Gasteiger partial charge in [-0.05, 0) is 44.0 Å². The Morgan fingerprint density at radius 1 is 1.10 bits per heavy atom. The van der Waals surface area contributed by atoms with Crippen LogP contribution in [0.25, 0.3) is 0 Å². The van der Waals surface area contributed by atoms with Crippen LogP contribution in [0.15, 0.2) is 47.4 Å². The number of piperidine rings is 1. The van der Waals surface area contributed by atoms with Crippen molar-refractivity contribution in [2.24, 2.45) is 5.92 Å². The maximum atomic E-state index is 13.7. The molecule has 0 spiro atoms. The van der Waals surface area contributed by atoms with Crippen molar-refractivity contribution >= 4 is 15.9 Å². The summed E-state index contributed by atoms with van der Waals surface area (Å²) in [5, 5.41) is 3.00. The van der Waals surface area contributed by atoms with Crippen molar-refractivity contribution in [1.82, 2.24) is 9.62 Å². The van der Waals surface area contributed by atoms with Gasteiger partial charge in [-0.25, -0.2) is 12.8 Å². The van der Waals surface area contributed by atoms with E-state index in [0.29, 0.717) is 18.6 Å². The lowest BCUT2D eigenvalue weighted by atomic mass is 9.96. The molecule has 1 saturated heterocycles. The van der Waals surface area contributed by atoms with Crippen LogP contribution >= 0.6 is 0 Å². The number of benzene rings is 2. The third-order valence-electron chi connectivity index (χ3n) is 5.53. The normalized spacial score (nSPS) is 16.5. The molecule has 1 N–H and O–H groups in total. The van der Waals surface area contributed by atoms with Crippen LogP contribution in [0.3, 0.4) is 0 Å². The van der Waals surface area contributed by atoms with Crippen LogP contribution in [0.4, 0.5) is 4.39 Å². The zero-order valence-corrected chi connectivity index (χ0v) is 18.6. The quantitative estimate of drug-likeness (QED) is 0.701. The van der Waals surface area contributed by atoms with Gasteiger partial charge in [-0.1, -0.05) is 18.2 Å². The molecule has 2 aromatic rings. The number of hydrogen-bond acceptors (Lipinski definition) is 5. The molecule has 0 aromatic heterocycles. The molecule has 1 amide bonds. The molecule has 0 saturated carbocycles. The predicted octanol–water partition coefficient (Wildman–Crippen LogP) is 3.12. The standard InChI is InChI=1S/C22H27FN2O5S/c1-15(18-6-4-5-7-19(18)29-2)24-22(26)16-10-12-25(13-11-16)31(27,28)21-14-17(23)8-9-20(21)30-3/h4-9,14-16H,10-13H2,1-3H3,(H,24,26)/t15-/m0/s1. The first-order valence-corrected chi connectivity index (χ1v) is 11.5. The molecule has 7 nitrogen and oxygen atoms in total. The second-order valence-electron chi connectivity index (χ2n) is 7.45. The molecule has 1 atom stereocenters. The van der Waals surface area contributed by atoms with Crippen molar-refractivity contribution in [3.63, 3.8) is 0 Å². The van der Waals surface area contributed by atoms with Crippen LogP contribution in [0.5, 0.6) is 11.5 Å². The number of carbonyl (C=O) groups is 1. The van der Waals surface area contributed by atoms with Crippen molar-refractivity contribution in [3.05, 3.63) is 53.8 Å². The van der Waals surface area contributed by atoms with Crippen molar-refractivity contribution in [1.29, 1.82) is 0 Å². The van der Waals surface area contributed by atoms with Crippen LogP contribution < -0.4 is 14.8 Å². The highest BCUT2D eigenvalue weighted by molar-refractivity contribution is 7.89. The zero-order chi connectivity index (χ0) is 22.6. The molecular weight excluding hydrogens is 423 g/mol. The molecule has 0 aliphatic carbocycles. The average molecular weight is 451 g/mol.